The average molecular weight is 168 g/mol. The number of rotatable bonds is 1. The van der Waals surface area contributed by atoms with Crippen molar-refractivity contribution in [2.75, 3.05) is 6.61 Å². The molecule has 2 aliphatic rings. The third-order valence-electron chi connectivity index (χ3n) is 2.76. The van der Waals surface area contributed by atoms with E-state index in [0.29, 0.717) is 0 Å². The highest BCUT2D eigenvalue weighted by Gasteiger charge is 2.41. The van der Waals surface area contributed by atoms with Crippen LogP contribution in [0.2, 0.25) is 0 Å². The summed E-state index contributed by atoms with van der Waals surface area (Å²) in [7, 11) is 0. The van der Waals surface area contributed by atoms with Crippen molar-refractivity contribution in [2.24, 2.45) is 0 Å². The van der Waals surface area contributed by atoms with Gasteiger partial charge in [0.15, 0.2) is 5.79 Å². The van der Waals surface area contributed by atoms with Gasteiger partial charge in [0.2, 0.25) is 0 Å². The van der Waals surface area contributed by atoms with Gasteiger partial charge < -0.3 is 9.47 Å². The molecular formula is C10H16O2. The Morgan fingerprint density at radius 2 is 2.25 bits per heavy atom. The normalized spacial score (nSPS) is 41.8. The van der Waals surface area contributed by atoms with Crippen molar-refractivity contribution in [1.82, 2.24) is 0 Å². The van der Waals surface area contributed by atoms with E-state index in [4.69, 9.17) is 9.47 Å². The molecule has 68 valence electrons. The smallest absolute Gasteiger partial charge is 0.169 e. The van der Waals surface area contributed by atoms with Gasteiger partial charge in [-0.05, 0) is 19.3 Å². The predicted octanol–water partition coefficient (Wildman–Crippen LogP) is 2.25. The fraction of sp³-hybridized carbons (Fsp3) is 0.800. The van der Waals surface area contributed by atoms with Crippen molar-refractivity contribution in [2.45, 2.75) is 44.0 Å². The molecule has 0 aromatic carbocycles. The number of hydrogen-bond donors (Lipinski definition) is 0. The van der Waals surface area contributed by atoms with E-state index in [1.807, 2.05) is 6.08 Å². The molecule has 0 aromatic rings. The van der Waals surface area contributed by atoms with Gasteiger partial charge in [0.05, 0.1) is 12.7 Å². The quantitative estimate of drug-likeness (QED) is 0.559. The van der Waals surface area contributed by atoms with Crippen LogP contribution in [0, 0.1) is 0 Å². The SMILES string of the molecule is C=C[C@H]1CC[C@@]2(CCCCO2)O1. The van der Waals surface area contributed by atoms with E-state index in [2.05, 4.69) is 6.58 Å². The summed E-state index contributed by atoms with van der Waals surface area (Å²) >= 11 is 0. The van der Waals surface area contributed by atoms with Crippen LogP contribution in [0.5, 0.6) is 0 Å². The Kier molecular flexibility index (Phi) is 2.20. The Morgan fingerprint density at radius 3 is 2.83 bits per heavy atom. The van der Waals surface area contributed by atoms with Gasteiger partial charge >= 0.3 is 0 Å². The zero-order valence-electron chi connectivity index (χ0n) is 7.42. The summed E-state index contributed by atoms with van der Waals surface area (Å²) in [5, 5.41) is 0. The molecule has 0 amide bonds. The summed E-state index contributed by atoms with van der Waals surface area (Å²) in [6, 6.07) is 0. The van der Waals surface area contributed by atoms with Gasteiger partial charge in [-0.1, -0.05) is 6.08 Å². The molecule has 2 aliphatic heterocycles. The van der Waals surface area contributed by atoms with E-state index in [9.17, 15) is 0 Å². The summed E-state index contributed by atoms with van der Waals surface area (Å²) in [5.74, 6) is -0.225. The first kappa shape index (κ1) is 8.27. The van der Waals surface area contributed by atoms with Crippen LogP contribution in [-0.4, -0.2) is 18.5 Å². The van der Waals surface area contributed by atoms with E-state index >= 15 is 0 Å². The largest absolute Gasteiger partial charge is 0.350 e. The molecule has 2 heteroatoms. The summed E-state index contributed by atoms with van der Waals surface area (Å²) < 4.78 is 11.5. The highest BCUT2D eigenvalue weighted by molar-refractivity contribution is 4.91. The van der Waals surface area contributed by atoms with E-state index in [1.54, 1.807) is 0 Å². The van der Waals surface area contributed by atoms with Crippen molar-refractivity contribution in [3.8, 4) is 0 Å². The van der Waals surface area contributed by atoms with Crippen molar-refractivity contribution in [3.05, 3.63) is 12.7 Å². The molecule has 2 heterocycles. The molecule has 2 fully saturated rings. The van der Waals surface area contributed by atoms with Crippen molar-refractivity contribution in [1.29, 1.82) is 0 Å². The van der Waals surface area contributed by atoms with E-state index in [1.165, 1.54) is 12.8 Å². The first-order valence-corrected chi connectivity index (χ1v) is 4.79. The molecule has 2 nitrogen and oxygen atoms in total. The fourth-order valence-corrected chi connectivity index (χ4v) is 2.04. The molecule has 2 rings (SSSR count). The number of ether oxygens (including phenoxy) is 2. The molecule has 0 aliphatic carbocycles. The van der Waals surface area contributed by atoms with Crippen LogP contribution in [0.15, 0.2) is 12.7 Å². The second-order valence-corrected chi connectivity index (χ2v) is 3.65. The second kappa shape index (κ2) is 3.19. The third kappa shape index (κ3) is 1.41. The predicted molar refractivity (Wildman–Crippen MR) is 46.8 cm³/mol. The van der Waals surface area contributed by atoms with Gasteiger partial charge in [0, 0.05) is 12.8 Å². The Bertz CT molecular complexity index is 171. The minimum Gasteiger partial charge on any atom is -0.350 e. The molecule has 0 bridgehead atoms. The maximum absolute atomic E-state index is 5.80. The molecule has 0 aromatic heterocycles. The Balaban J connectivity index is 1.98. The van der Waals surface area contributed by atoms with Crippen LogP contribution in [0.25, 0.3) is 0 Å². The third-order valence-corrected chi connectivity index (χ3v) is 2.76. The zero-order chi connectivity index (χ0) is 8.44. The topological polar surface area (TPSA) is 18.5 Å². The standard InChI is InChI=1S/C10H16O2/c1-2-9-5-7-10(12-9)6-3-4-8-11-10/h2,9H,1,3-8H2/t9-,10+/m0/s1. The lowest BCUT2D eigenvalue weighted by atomic mass is 10.0. The first-order valence-electron chi connectivity index (χ1n) is 4.79. The summed E-state index contributed by atoms with van der Waals surface area (Å²) in [5.41, 5.74) is 0. The lowest BCUT2D eigenvalue weighted by Crippen LogP contribution is -2.35. The van der Waals surface area contributed by atoms with Crippen molar-refractivity contribution >= 4 is 0 Å². The lowest BCUT2D eigenvalue weighted by Gasteiger charge is -2.33. The van der Waals surface area contributed by atoms with Gasteiger partial charge in [-0.15, -0.1) is 6.58 Å². The Labute approximate surface area is 73.5 Å². The minimum absolute atomic E-state index is 0.225. The Hall–Kier alpha value is -0.340. The molecule has 0 saturated carbocycles. The summed E-state index contributed by atoms with van der Waals surface area (Å²) in [4.78, 5) is 0. The van der Waals surface area contributed by atoms with E-state index < -0.39 is 0 Å². The highest BCUT2D eigenvalue weighted by Crippen LogP contribution is 2.38. The molecule has 0 unspecified atom stereocenters. The summed E-state index contributed by atoms with van der Waals surface area (Å²) in [6.45, 7) is 4.61. The molecule has 0 N–H and O–H groups in total. The Morgan fingerprint density at radius 1 is 1.33 bits per heavy atom. The van der Waals surface area contributed by atoms with Crippen LogP contribution in [-0.2, 0) is 9.47 Å². The molecule has 0 radical (unpaired) electrons. The van der Waals surface area contributed by atoms with Crippen LogP contribution < -0.4 is 0 Å². The highest BCUT2D eigenvalue weighted by atomic mass is 16.7. The van der Waals surface area contributed by atoms with Crippen LogP contribution in [0.1, 0.15) is 32.1 Å². The minimum atomic E-state index is -0.225. The van der Waals surface area contributed by atoms with Crippen LogP contribution in [0.4, 0.5) is 0 Å². The van der Waals surface area contributed by atoms with E-state index in [0.717, 1.165) is 25.9 Å². The average Bonchev–Trinajstić information content (AvgIpc) is 2.50. The van der Waals surface area contributed by atoms with Crippen LogP contribution >= 0.6 is 0 Å². The van der Waals surface area contributed by atoms with Gasteiger partial charge in [-0.25, -0.2) is 0 Å². The lowest BCUT2D eigenvalue weighted by molar-refractivity contribution is -0.239. The maximum Gasteiger partial charge on any atom is 0.169 e. The van der Waals surface area contributed by atoms with Crippen LogP contribution in [0.3, 0.4) is 0 Å². The maximum atomic E-state index is 5.80. The van der Waals surface area contributed by atoms with E-state index in [-0.39, 0.29) is 11.9 Å². The molecule has 2 saturated heterocycles. The fourth-order valence-electron chi connectivity index (χ4n) is 2.04. The molecule has 1 spiro atoms. The monoisotopic (exact) mass is 168 g/mol. The molecular weight excluding hydrogens is 152 g/mol. The van der Waals surface area contributed by atoms with Gasteiger partial charge in [0.25, 0.3) is 0 Å². The number of hydrogen-bond acceptors (Lipinski definition) is 2. The van der Waals surface area contributed by atoms with Gasteiger partial charge in [0.1, 0.15) is 0 Å². The van der Waals surface area contributed by atoms with Crippen molar-refractivity contribution in [3.63, 3.8) is 0 Å². The zero-order valence-corrected chi connectivity index (χ0v) is 7.42. The van der Waals surface area contributed by atoms with Crippen molar-refractivity contribution < 1.29 is 9.47 Å². The summed E-state index contributed by atoms with van der Waals surface area (Å²) in [6.07, 6.45) is 7.72. The van der Waals surface area contributed by atoms with Gasteiger partial charge in [-0.3, -0.25) is 0 Å². The van der Waals surface area contributed by atoms with Gasteiger partial charge in [-0.2, -0.15) is 0 Å². The first-order chi connectivity index (χ1) is 5.85. The molecule has 12 heavy (non-hydrogen) atoms. The second-order valence-electron chi connectivity index (χ2n) is 3.65. The molecule has 2 atom stereocenters.